The fourth-order valence-corrected chi connectivity index (χ4v) is 4.55. The molecule has 3 unspecified atom stereocenters. The van der Waals surface area contributed by atoms with E-state index >= 15 is 0 Å². The van der Waals surface area contributed by atoms with Crippen molar-refractivity contribution in [2.75, 3.05) is 40.5 Å². The number of nitrogens with zero attached hydrogens (tertiary/aromatic N) is 2. The third-order valence-corrected chi connectivity index (χ3v) is 6.19. The lowest BCUT2D eigenvalue weighted by Crippen LogP contribution is -2.45. The number of para-hydroxylation sites is 1. The maximum atomic E-state index is 12.1. The number of carbonyl (C=O) groups excluding carboxylic acids is 1. The molecule has 6 heteroatoms. The molecule has 2 heterocycles. The van der Waals surface area contributed by atoms with Crippen molar-refractivity contribution in [1.29, 1.82) is 0 Å². The maximum absolute atomic E-state index is 12.1. The summed E-state index contributed by atoms with van der Waals surface area (Å²) < 4.78 is 12.5. The van der Waals surface area contributed by atoms with Crippen molar-refractivity contribution < 1.29 is 18.8 Å². The zero-order chi connectivity index (χ0) is 19.9. The molecule has 0 aliphatic carbocycles. The number of ether oxygens (including phenoxy) is 2. The van der Waals surface area contributed by atoms with Crippen molar-refractivity contribution in [3.8, 4) is 11.5 Å². The van der Waals surface area contributed by atoms with Crippen LogP contribution in [0.2, 0.25) is 5.02 Å². The average Bonchev–Trinajstić information content (AvgIpc) is 2.99. The summed E-state index contributed by atoms with van der Waals surface area (Å²) in [6.45, 7) is 4.65. The smallest absolute Gasteiger partial charge is 0.413 e. The third-order valence-electron chi connectivity index (χ3n) is 5.96. The maximum Gasteiger partial charge on any atom is 0.413 e. The summed E-state index contributed by atoms with van der Waals surface area (Å²) in [6, 6.07) is 14.1. The van der Waals surface area contributed by atoms with E-state index in [2.05, 4.69) is 19.2 Å². The van der Waals surface area contributed by atoms with Crippen LogP contribution >= 0.6 is 11.6 Å². The molecule has 0 bridgehead atoms. The molecule has 148 valence electrons. The van der Waals surface area contributed by atoms with Crippen LogP contribution in [-0.4, -0.2) is 55.9 Å². The number of amides is 1. The molecule has 0 saturated carbocycles. The first-order valence-corrected chi connectivity index (χ1v) is 10.1. The van der Waals surface area contributed by atoms with Gasteiger partial charge in [-0.2, -0.15) is 0 Å². The zero-order valence-electron chi connectivity index (χ0n) is 16.5. The van der Waals surface area contributed by atoms with Crippen LogP contribution in [0.3, 0.4) is 0 Å². The Labute approximate surface area is 171 Å². The van der Waals surface area contributed by atoms with Gasteiger partial charge in [0.2, 0.25) is 6.73 Å². The number of halogens is 1. The second-order valence-electron chi connectivity index (χ2n) is 8.07. The van der Waals surface area contributed by atoms with E-state index in [-0.39, 0.29) is 17.9 Å². The molecule has 2 aromatic rings. The highest BCUT2D eigenvalue weighted by Crippen LogP contribution is 2.51. The number of fused-ring (bicyclic) bond motifs is 5. The van der Waals surface area contributed by atoms with Gasteiger partial charge in [0.15, 0.2) is 0 Å². The van der Waals surface area contributed by atoms with Crippen molar-refractivity contribution in [1.82, 2.24) is 4.90 Å². The third kappa shape index (κ3) is 3.45. The first-order valence-electron chi connectivity index (χ1n) is 9.68. The van der Waals surface area contributed by atoms with E-state index in [1.165, 1.54) is 5.56 Å². The second-order valence-corrected chi connectivity index (χ2v) is 8.51. The standard InChI is InChI=1S/C22H26ClN2O3/c1-4-24(2)22(26)27-14-25(3)12-18-16-7-5-6-8-20(16)28-21-10-9-15(23)11-17(21)19(18)13-25/h5-11,18-19H,4,12-14H2,1-3H3/q+1. The zero-order valence-corrected chi connectivity index (χ0v) is 17.3. The number of quaternary nitrogens is 1. The Morgan fingerprint density at radius 1 is 1.18 bits per heavy atom. The Morgan fingerprint density at radius 2 is 1.86 bits per heavy atom. The number of benzene rings is 2. The molecule has 1 fully saturated rings. The van der Waals surface area contributed by atoms with Crippen molar-refractivity contribution in [2.24, 2.45) is 0 Å². The van der Waals surface area contributed by atoms with Crippen molar-refractivity contribution in [2.45, 2.75) is 18.8 Å². The molecule has 5 nitrogen and oxygen atoms in total. The summed E-state index contributed by atoms with van der Waals surface area (Å²) >= 11 is 6.32. The van der Waals surface area contributed by atoms with E-state index in [1.54, 1.807) is 11.9 Å². The van der Waals surface area contributed by atoms with Crippen LogP contribution in [0.4, 0.5) is 4.79 Å². The first-order chi connectivity index (χ1) is 13.4. The minimum Gasteiger partial charge on any atom is -0.457 e. The molecule has 2 aliphatic heterocycles. The normalized spacial score (nSPS) is 25.0. The van der Waals surface area contributed by atoms with E-state index in [4.69, 9.17) is 21.1 Å². The monoisotopic (exact) mass is 401 g/mol. The van der Waals surface area contributed by atoms with Crippen LogP contribution in [-0.2, 0) is 4.74 Å². The van der Waals surface area contributed by atoms with Crippen LogP contribution in [0.25, 0.3) is 0 Å². The Balaban J connectivity index is 1.67. The van der Waals surface area contributed by atoms with Crippen LogP contribution in [0.1, 0.15) is 29.9 Å². The molecule has 0 N–H and O–H groups in total. The summed E-state index contributed by atoms with van der Waals surface area (Å²) in [5.41, 5.74) is 2.34. The van der Waals surface area contributed by atoms with Crippen molar-refractivity contribution >= 4 is 17.7 Å². The quantitative estimate of drug-likeness (QED) is 0.692. The lowest BCUT2D eigenvalue weighted by Gasteiger charge is -2.30. The first kappa shape index (κ1) is 19.1. The van der Waals surface area contributed by atoms with E-state index in [1.807, 2.05) is 37.3 Å². The Bertz CT molecular complexity index is 903. The van der Waals surface area contributed by atoms with Gasteiger partial charge < -0.3 is 14.4 Å². The van der Waals surface area contributed by atoms with Gasteiger partial charge in [0.25, 0.3) is 0 Å². The summed E-state index contributed by atoms with van der Waals surface area (Å²) in [7, 11) is 3.91. The molecule has 1 saturated heterocycles. The van der Waals surface area contributed by atoms with E-state index in [9.17, 15) is 4.79 Å². The van der Waals surface area contributed by atoms with Crippen LogP contribution in [0, 0.1) is 0 Å². The highest BCUT2D eigenvalue weighted by Gasteiger charge is 2.48. The highest BCUT2D eigenvalue weighted by atomic mass is 35.5. The molecule has 4 rings (SSSR count). The summed E-state index contributed by atoms with van der Waals surface area (Å²) in [5.74, 6) is 2.30. The Hall–Kier alpha value is -2.24. The number of rotatable bonds is 3. The number of hydrogen-bond acceptors (Lipinski definition) is 3. The lowest BCUT2D eigenvalue weighted by atomic mass is 9.84. The molecule has 0 radical (unpaired) electrons. The van der Waals surface area contributed by atoms with Gasteiger partial charge in [-0.05, 0) is 31.2 Å². The summed E-state index contributed by atoms with van der Waals surface area (Å²) in [6.07, 6.45) is -0.277. The molecule has 1 amide bonds. The molecular weight excluding hydrogens is 376 g/mol. The van der Waals surface area contributed by atoms with Gasteiger partial charge in [-0.1, -0.05) is 29.8 Å². The van der Waals surface area contributed by atoms with Crippen LogP contribution in [0.5, 0.6) is 11.5 Å². The van der Waals surface area contributed by atoms with E-state index in [0.29, 0.717) is 22.8 Å². The van der Waals surface area contributed by atoms with Crippen LogP contribution in [0.15, 0.2) is 42.5 Å². The van der Waals surface area contributed by atoms with Gasteiger partial charge in [0.05, 0.1) is 20.1 Å². The number of carbonyl (C=O) groups is 1. The number of likely N-dealkylation sites (tertiary alicyclic amines) is 1. The minimum atomic E-state index is -0.277. The summed E-state index contributed by atoms with van der Waals surface area (Å²) in [4.78, 5) is 13.7. The topological polar surface area (TPSA) is 38.8 Å². The van der Waals surface area contributed by atoms with E-state index in [0.717, 1.165) is 30.2 Å². The fourth-order valence-electron chi connectivity index (χ4n) is 4.36. The molecule has 28 heavy (non-hydrogen) atoms. The molecule has 2 aliphatic rings. The molecule has 0 spiro atoms. The average molecular weight is 402 g/mol. The van der Waals surface area contributed by atoms with E-state index < -0.39 is 0 Å². The van der Waals surface area contributed by atoms with Gasteiger partial charge in [-0.15, -0.1) is 0 Å². The SMILES string of the molecule is CCN(C)C(=O)OC[N+]1(C)CC2c3ccccc3Oc3ccc(Cl)cc3C2C1. The number of likely N-dealkylation sites (N-methyl/N-ethyl adjacent to an activating group) is 1. The predicted octanol–water partition coefficient (Wildman–Crippen LogP) is 4.82. The van der Waals surface area contributed by atoms with Gasteiger partial charge in [-0.3, -0.25) is 4.48 Å². The summed E-state index contributed by atoms with van der Waals surface area (Å²) in [5, 5.41) is 0.712. The van der Waals surface area contributed by atoms with Crippen molar-refractivity contribution in [3.63, 3.8) is 0 Å². The highest BCUT2D eigenvalue weighted by molar-refractivity contribution is 6.30. The van der Waals surface area contributed by atoms with Crippen molar-refractivity contribution in [3.05, 3.63) is 58.6 Å². The largest absolute Gasteiger partial charge is 0.457 e. The van der Waals surface area contributed by atoms with Gasteiger partial charge >= 0.3 is 6.09 Å². The van der Waals surface area contributed by atoms with Gasteiger partial charge in [0.1, 0.15) is 11.5 Å². The fraction of sp³-hybridized carbons (Fsp3) is 0.409. The molecular formula is C22H26ClN2O3+. The second kappa shape index (κ2) is 7.30. The molecule has 3 atom stereocenters. The molecule has 0 aromatic heterocycles. The van der Waals surface area contributed by atoms with Crippen LogP contribution < -0.4 is 4.74 Å². The minimum absolute atomic E-state index is 0.255. The molecule has 2 aromatic carbocycles. The predicted molar refractivity (Wildman–Crippen MR) is 109 cm³/mol. The Kier molecular flexibility index (Phi) is 4.98. The number of hydrogen-bond donors (Lipinski definition) is 0. The Morgan fingerprint density at radius 3 is 2.61 bits per heavy atom. The van der Waals surface area contributed by atoms with Gasteiger partial charge in [0, 0.05) is 41.6 Å². The lowest BCUT2D eigenvalue weighted by molar-refractivity contribution is -0.915. The van der Waals surface area contributed by atoms with Gasteiger partial charge in [-0.25, -0.2) is 4.79 Å².